The Morgan fingerprint density at radius 2 is 1.80 bits per heavy atom. The van der Waals surface area contributed by atoms with Crippen LogP contribution in [-0.4, -0.2) is 31.5 Å². The molecule has 0 bridgehead atoms. The molecule has 0 heterocycles. The summed E-state index contributed by atoms with van der Waals surface area (Å²) in [5.74, 6) is 1.82. The normalized spacial score (nSPS) is 12.1. The predicted octanol–water partition coefficient (Wildman–Crippen LogP) is 6.17. The van der Waals surface area contributed by atoms with Crippen LogP contribution in [0.15, 0.2) is 12.6 Å². The van der Waals surface area contributed by atoms with E-state index < -0.39 is 11.7 Å². The third-order valence-corrected chi connectivity index (χ3v) is 4.37. The van der Waals surface area contributed by atoms with E-state index in [9.17, 15) is 4.79 Å². The highest BCUT2D eigenvalue weighted by Crippen LogP contribution is 2.41. The van der Waals surface area contributed by atoms with E-state index in [0.717, 1.165) is 29.5 Å². The predicted molar refractivity (Wildman–Crippen MR) is 121 cm³/mol. The second kappa shape index (κ2) is 11.7. The minimum Gasteiger partial charge on any atom is -0.493 e. The molecule has 1 aromatic rings. The van der Waals surface area contributed by atoms with Crippen LogP contribution in [-0.2, 0) is 9.47 Å². The molecule has 1 N–H and O–H groups in total. The SMILES string of the molecule is C=C(OCCCC)c1c(OCC)cc([C@@H](C)NC(=O)OC(C)(C)C)c(C)c1OCC. The molecule has 0 saturated heterocycles. The van der Waals surface area contributed by atoms with E-state index in [4.69, 9.17) is 18.9 Å². The molecule has 0 saturated carbocycles. The van der Waals surface area contributed by atoms with E-state index in [1.165, 1.54) is 0 Å². The highest BCUT2D eigenvalue weighted by atomic mass is 16.6. The number of hydrogen-bond donors (Lipinski definition) is 1. The van der Waals surface area contributed by atoms with Crippen molar-refractivity contribution in [1.82, 2.24) is 5.32 Å². The Morgan fingerprint density at radius 3 is 2.33 bits per heavy atom. The Kier molecular flexibility index (Phi) is 10.0. The Hall–Kier alpha value is -2.37. The van der Waals surface area contributed by atoms with Crippen molar-refractivity contribution in [2.45, 2.75) is 79.9 Å². The fraction of sp³-hybridized carbons (Fsp3) is 0.625. The maximum absolute atomic E-state index is 12.3. The van der Waals surface area contributed by atoms with Crippen molar-refractivity contribution >= 4 is 11.9 Å². The van der Waals surface area contributed by atoms with Gasteiger partial charge in [0.25, 0.3) is 0 Å². The number of ether oxygens (including phenoxy) is 4. The summed E-state index contributed by atoms with van der Waals surface area (Å²) in [5, 5.41) is 2.90. The molecule has 0 spiro atoms. The first-order valence-electron chi connectivity index (χ1n) is 10.8. The summed E-state index contributed by atoms with van der Waals surface area (Å²) in [4.78, 5) is 12.3. The number of alkyl carbamates (subject to hydrolysis) is 1. The Labute approximate surface area is 181 Å². The average Bonchev–Trinajstić information content (AvgIpc) is 2.62. The number of carbonyl (C=O) groups is 1. The van der Waals surface area contributed by atoms with Crippen LogP contribution in [0.5, 0.6) is 11.5 Å². The quantitative estimate of drug-likeness (QED) is 0.342. The van der Waals surface area contributed by atoms with Crippen LogP contribution in [0.25, 0.3) is 5.76 Å². The lowest BCUT2D eigenvalue weighted by atomic mass is 9.96. The molecule has 0 fully saturated rings. The van der Waals surface area contributed by atoms with Crippen LogP contribution in [0.2, 0.25) is 0 Å². The molecule has 6 heteroatoms. The number of rotatable bonds is 11. The van der Waals surface area contributed by atoms with Gasteiger partial charge in [-0.1, -0.05) is 19.9 Å². The maximum atomic E-state index is 12.3. The number of carbonyl (C=O) groups excluding carboxylic acids is 1. The van der Waals surface area contributed by atoms with Crippen molar-refractivity contribution in [3.8, 4) is 11.5 Å². The third kappa shape index (κ3) is 7.47. The van der Waals surface area contributed by atoms with Crippen LogP contribution < -0.4 is 14.8 Å². The van der Waals surface area contributed by atoms with Gasteiger partial charge in [0.05, 0.1) is 25.9 Å². The van der Waals surface area contributed by atoms with E-state index in [2.05, 4.69) is 18.8 Å². The maximum Gasteiger partial charge on any atom is 0.408 e. The van der Waals surface area contributed by atoms with Gasteiger partial charge in [0.15, 0.2) is 0 Å². The Bertz CT molecular complexity index is 721. The summed E-state index contributed by atoms with van der Waals surface area (Å²) in [6.45, 7) is 21.0. The van der Waals surface area contributed by atoms with E-state index in [-0.39, 0.29) is 6.04 Å². The molecule has 1 aromatic carbocycles. The highest BCUT2D eigenvalue weighted by Gasteiger charge is 2.25. The van der Waals surface area contributed by atoms with Gasteiger partial charge in [-0.15, -0.1) is 0 Å². The first-order chi connectivity index (χ1) is 14.1. The molecular weight excluding hydrogens is 382 g/mol. The first-order valence-corrected chi connectivity index (χ1v) is 10.8. The Balaban J connectivity index is 3.35. The minimum atomic E-state index is -0.566. The van der Waals surface area contributed by atoms with Gasteiger partial charge in [0.1, 0.15) is 28.4 Å². The molecule has 6 nitrogen and oxygen atoms in total. The summed E-state index contributed by atoms with van der Waals surface area (Å²) in [6.07, 6.45) is 1.51. The molecule has 170 valence electrons. The zero-order valence-electron chi connectivity index (χ0n) is 19.9. The summed E-state index contributed by atoms with van der Waals surface area (Å²) in [6, 6.07) is 1.62. The summed E-state index contributed by atoms with van der Waals surface area (Å²) >= 11 is 0. The standard InChI is InChI=1S/C24H39NO5/c1-10-13-14-29-18(6)21-20(27-11-2)15-19(16(4)22(21)28-12-3)17(5)25-23(26)30-24(7,8)9/h15,17H,6,10-14H2,1-5,7-9H3,(H,25,26)/t17-/m1/s1. The molecule has 0 aromatic heterocycles. The van der Waals surface area contributed by atoms with Crippen molar-refractivity contribution in [2.24, 2.45) is 0 Å². The van der Waals surface area contributed by atoms with Crippen LogP contribution in [0, 0.1) is 6.92 Å². The summed E-state index contributed by atoms with van der Waals surface area (Å²) in [5.41, 5.74) is 1.95. The number of hydrogen-bond acceptors (Lipinski definition) is 5. The molecule has 1 amide bonds. The molecule has 1 rings (SSSR count). The second-order valence-corrected chi connectivity index (χ2v) is 8.15. The molecule has 0 aliphatic carbocycles. The van der Waals surface area contributed by atoms with Gasteiger partial charge in [0, 0.05) is 0 Å². The van der Waals surface area contributed by atoms with Gasteiger partial charge in [-0.05, 0) is 72.1 Å². The molecule has 0 aliphatic heterocycles. The van der Waals surface area contributed by atoms with Crippen molar-refractivity contribution in [2.75, 3.05) is 19.8 Å². The smallest absolute Gasteiger partial charge is 0.408 e. The molecule has 30 heavy (non-hydrogen) atoms. The average molecular weight is 422 g/mol. The lowest BCUT2D eigenvalue weighted by Gasteiger charge is -2.26. The number of nitrogens with one attached hydrogen (secondary N) is 1. The van der Waals surface area contributed by atoms with E-state index in [0.29, 0.717) is 37.1 Å². The number of unbranched alkanes of at least 4 members (excludes halogenated alkanes) is 1. The molecule has 0 unspecified atom stereocenters. The van der Waals surface area contributed by atoms with Crippen molar-refractivity contribution < 1.29 is 23.7 Å². The van der Waals surface area contributed by atoms with Crippen molar-refractivity contribution in [1.29, 1.82) is 0 Å². The largest absolute Gasteiger partial charge is 0.493 e. The lowest BCUT2D eigenvalue weighted by Crippen LogP contribution is -2.34. The van der Waals surface area contributed by atoms with E-state index in [1.54, 1.807) is 0 Å². The van der Waals surface area contributed by atoms with Crippen LogP contribution in [0.4, 0.5) is 4.79 Å². The van der Waals surface area contributed by atoms with E-state index >= 15 is 0 Å². The van der Waals surface area contributed by atoms with Crippen molar-refractivity contribution in [3.63, 3.8) is 0 Å². The Morgan fingerprint density at radius 1 is 1.17 bits per heavy atom. The fourth-order valence-electron chi connectivity index (χ4n) is 3.03. The van der Waals surface area contributed by atoms with Gasteiger partial charge in [0.2, 0.25) is 0 Å². The fourth-order valence-corrected chi connectivity index (χ4v) is 3.03. The lowest BCUT2D eigenvalue weighted by molar-refractivity contribution is 0.0507. The zero-order chi connectivity index (χ0) is 22.9. The van der Waals surface area contributed by atoms with Crippen LogP contribution in [0.3, 0.4) is 0 Å². The van der Waals surface area contributed by atoms with Gasteiger partial charge >= 0.3 is 6.09 Å². The van der Waals surface area contributed by atoms with Gasteiger partial charge in [-0.3, -0.25) is 0 Å². The van der Waals surface area contributed by atoms with Gasteiger partial charge in [-0.25, -0.2) is 4.79 Å². The second-order valence-electron chi connectivity index (χ2n) is 8.15. The first kappa shape index (κ1) is 25.7. The van der Waals surface area contributed by atoms with Crippen molar-refractivity contribution in [3.05, 3.63) is 29.3 Å². The number of benzene rings is 1. The minimum absolute atomic E-state index is 0.304. The van der Waals surface area contributed by atoms with Gasteiger partial charge in [-0.2, -0.15) is 0 Å². The molecular formula is C24H39NO5. The third-order valence-electron chi connectivity index (χ3n) is 4.37. The molecule has 0 aliphatic rings. The zero-order valence-corrected chi connectivity index (χ0v) is 19.9. The van der Waals surface area contributed by atoms with Crippen LogP contribution >= 0.6 is 0 Å². The van der Waals surface area contributed by atoms with E-state index in [1.807, 2.05) is 54.5 Å². The summed E-state index contributed by atoms with van der Waals surface area (Å²) < 4.78 is 23.2. The van der Waals surface area contributed by atoms with Crippen LogP contribution in [0.1, 0.15) is 84.0 Å². The highest BCUT2D eigenvalue weighted by molar-refractivity contribution is 5.74. The number of amides is 1. The monoisotopic (exact) mass is 421 g/mol. The molecule has 1 atom stereocenters. The summed E-state index contributed by atoms with van der Waals surface area (Å²) in [7, 11) is 0. The topological polar surface area (TPSA) is 66.0 Å². The molecule has 0 radical (unpaired) electrons. The van der Waals surface area contributed by atoms with Gasteiger partial charge < -0.3 is 24.3 Å².